The summed E-state index contributed by atoms with van der Waals surface area (Å²) >= 11 is 7.12. The summed E-state index contributed by atoms with van der Waals surface area (Å²) in [7, 11) is -5.80. The van der Waals surface area contributed by atoms with Crippen molar-refractivity contribution in [3.63, 3.8) is 0 Å². The summed E-state index contributed by atoms with van der Waals surface area (Å²) in [6, 6.07) is 7.46. The average molecular weight is 524 g/mol. The van der Waals surface area contributed by atoms with Gasteiger partial charge in [0.25, 0.3) is 5.91 Å². The zero-order valence-corrected chi connectivity index (χ0v) is 20.4. The van der Waals surface area contributed by atoms with Crippen molar-refractivity contribution in [2.24, 2.45) is 5.92 Å². The molecule has 1 aromatic carbocycles. The van der Waals surface area contributed by atoms with Gasteiger partial charge in [-0.15, -0.1) is 11.3 Å². The summed E-state index contributed by atoms with van der Waals surface area (Å²) in [5.74, 6) is -0.932. The van der Waals surface area contributed by atoms with Gasteiger partial charge in [-0.3, -0.25) is 4.79 Å². The van der Waals surface area contributed by atoms with Crippen LogP contribution < -0.4 is 9.62 Å². The average Bonchev–Trinajstić information content (AvgIpc) is 3.13. The number of aromatic nitrogens is 1. The molecule has 1 saturated carbocycles. The zero-order valence-electron chi connectivity index (χ0n) is 18.0. The van der Waals surface area contributed by atoms with Crippen LogP contribution in [0.25, 0.3) is 0 Å². The standard InChI is InChI=1S/C21H25ClF3N3O3S2/c1-14-18(19(29)27-33(30,31)21(23,24)25)26-20(32-14)28(13-16-5-3-2-4-6-16)12-11-15-7-9-17(22)10-8-15/h7-10,16H,2-6,11-13H2,1H3,(H,27,29). The molecule has 0 radical (unpaired) electrons. The fourth-order valence-corrected chi connectivity index (χ4v) is 5.34. The topological polar surface area (TPSA) is 79.4 Å². The van der Waals surface area contributed by atoms with E-state index in [0.29, 0.717) is 40.5 Å². The van der Waals surface area contributed by atoms with Gasteiger partial charge in [-0.05, 0) is 49.8 Å². The summed E-state index contributed by atoms with van der Waals surface area (Å²) in [4.78, 5) is 18.9. The van der Waals surface area contributed by atoms with Crippen molar-refractivity contribution < 1.29 is 26.4 Å². The third-order valence-corrected chi connectivity index (χ3v) is 7.94. The number of hydrogen-bond acceptors (Lipinski definition) is 6. The van der Waals surface area contributed by atoms with Crippen molar-refractivity contribution >= 4 is 44.0 Å². The van der Waals surface area contributed by atoms with Crippen LogP contribution in [0.3, 0.4) is 0 Å². The first-order valence-electron chi connectivity index (χ1n) is 10.6. The number of nitrogens with zero attached hydrogens (tertiary/aromatic N) is 2. The Balaban J connectivity index is 1.80. The number of amides is 1. The number of carbonyl (C=O) groups is 1. The first-order valence-corrected chi connectivity index (χ1v) is 13.2. The van der Waals surface area contributed by atoms with Gasteiger partial charge in [-0.2, -0.15) is 21.6 Å². The summed E-state index contributed by atoms with van der Waals surface area (Å²) in [5.41, 5.74) is -4.83. The minimum absolute atomic E-state index is 0.317. The van der Waals surface area contributed by atoms with Gasteiger partial charge in [0.2, 0.25) is 0 Å². The maximum absolute atomic E-state index is 12.7. The summed E-state index contributed by atoms with van der Waals surface area (Å²) in [5, 5.41) is 1.12. The highest BCUT2D eigenvalue weighted by Gasteiger charge is 2.47. The normalized spacial score (nSPS) is 15.4. The monoisotopic (exact) mass is 523 g/mol. The summed E-state index contributed by atoms with van der Waals surface area (Å²) < 4.78 is 61.7. The highest BCUT2D eigenvalue weighted by atomic mass is 35.5. The molecule has 1 N–H and O–H groups in total. The molecule has 12 heteroatoms. The Morgan fingerprint density at radius 2 is 1.85 bits per heavy atom. The molecule has 182 valence electrons. The lowest BCUT2D eigenvalue weighted by molar-refractivity contribution is -0.0446. The number of rotatable bonds is 8. The van der Waals surface area contributed by atoms with Crippen LogP contribution in [0.4, 0.5) is 18.3 Å². The molecule has 6 nitrogen and oxygen atoms in total. The Morgan fingerprint density at radius 3 is 2.45 bits per heavy atom. The van der Waals surface area contributed by atoms with Crippen LogP contribution in [0.1, 0.15) is 53.0 Å². The van der Waals surface area contributed by atoms with Gasteiger partial charge in [0, 0.05) is 23.0 Å². The molecule has 0 spiro atoms. The quantitative estimate of drug-likeness (QED) is 0.507. The van der Waals surface area contributed by atoms with E-state index in [0.717, 1.165) is 36.0 Å². The van der Waals surface area contributed by atoms with E-state index in [1.807, 2.05) is 17.0 Å². The van der Waals surface area contributed by atoms with Crippen LogP contribution in [0.5, 0.6) is 0 Å². The van der Waals surface area contributed by atoms with Gasteiger partial charge in [0.15, 0.2) is 5.13 Å². The third-order valence-electron chi connectivity index (χ3n) is 5.59. The number of nitrogens with one attached hydrogen (secondary N) is 1. The molecular formula is C21H25ClF3N3O3S2. The van der Waals surface area contributed by atoms with Crippen LogP contribution in [0.15, 0.2) is 24.3 Å². The van der Waals surface area contributed by atoms with Gasteiger partial charge in [-0.25, -0.2) is 9.71 Å². The van der Waals surface area contributed by atoms with Crippen LogP contribution >= 0.6 is 22.9 Å². The minimum Gasteiger partial charge on any atom is -0.347 e. The number of hydrogen-bond donors (Lipinski definition) is 1. The highest BCUT2D eigenvalue weighted by molar-refractivity contribution is 7.90. The van der Waals surface area contributed by atoms with Crippen LogP contribution in [-0.4, -0.2) is 37.9 Å². The number of alkyl halides is 3. The Morgan fingerprint density at radius 1 is 1.21 bits per heavy atom. The van der Waals surface area contributed by atoms with Gasteiger partial charge in [0.1, 0.15) is 5.69 Å². The predicted molar refractivity (Wildman–Crippen MR) is 123 cm³/mol. The van der Waals surface area contributed by atoms with E-state index < -0.39 is 21.4 Å². The molecule has 33 heavy (non-hydrogen) atoms. The smallest absolute Gasteiger partial charge is 0.347 e. The third kappa shape index (κ3) is 6.83. The van der Waals surface area contributed by atoms with E-state index in [1.165, 1.54) is 24.7 Å². The van der Waals surface area contributed by atoms with Crippen LogP contribution in [0.2, 0.25) is 5.02 Å². The molecule has 1 aliphatic rings. The Bertz CT molecular complexity index is 1070. The summed E-state index contributed by atoms with van der Waals surface area (Å²) in [6.45, 7) is 2.84. The maximum atomic E-state index is 12.7. The fourth-order valence-electron chi connectivity index (χ4n) is 3.82. The van der Waals surface area contributed by atoms with Crippen molar-refractivity contribution in [2.75, 3.05) is 18.0 Å². The number of thiazole rings is 1. The van der Waals surface area contributed by atoms with E-state index in [1.54, 1.807) is 12.1 Å². The molecule has 0 unspecified atom stereocenters. The van der Waals surface area contributed by atoms with Crippen molar-refractivity contribution in [1.82, 2.24) is 9.71 Å². The number of benzene rings is 1. The van der Waals surface area contributed by atoms with Crippen LogP contribution in [-0.2, 0) is 16.4 Å². The van der Waals surface area contributed by atoms with E-state index in [-0.39, 0.29) is 5.69 Å². The molecule has 0 bridgehead atoms. The number of carbonyl (C=O) groups excluding carboxylic acids is 1. The Kier molecular flexibility index (Phi) is 8.28. The van der Waals surface area contributed by atoms with Crippen molar-refractivity contribution in [3.8, 4) is 0 Å². The molecule has 0 saturated heterocycles. The molecular weight excluding hydrogens is 499 g/mol. The van der Waals surface area contributed by atoms with Crippen molar-refractivity contribution in [2.45, 2.75) is 51.0 Å². The van der Waals surface area contributed by atoms with Gasteiger partial charge in [-0.1, -0.05) is 43.0 Å². The molecule has 1 fully saturated rings. The SMILES string of the molecule is Cc1sc(N(CCc2ccc(Cl)cc2)CC2CCCCC2)nc1C(=O)NS(=O)(=O)C(F)(F)F. The number of halogens is 4. The number of sulfonamides is 1. The second-order valence-electron chi connectivity index (χ2n) is 8.11. The second kappa shape index (κ2) is 10.6. The lowest BCUT2D eigenvalue weighted by Gasteiger charge is -2.29. The molecule has 1 amide bonds. The molecule has 0 aliphatic heterocycles. The van der Waals surface area contributed by atoms with Gasteiger partial charge < -0.3 is 4.90 Å². The second-order valence-corrected chi connectivity index (χ2v) is 11.4. The van der Waals surface area contributed by atoms with E-state index in [4.69, 9.17) is 11.6 Å². The molecule has 3 rings (SSSR count). The molecule has 1 aliphatic carbocycles. The summed E-state index contributed by atoms with van der Waals surface area (Å²) in [6.07, 6.45) is 6.35. The van der Waals surface area contributed by atoms with Gasteiger partial charge in [0.05, 0.1) is 0 Å². The van der Waals surface area contributed by atoms with Gasteiger partial charge >= 0.3 is 15.5 Å². The van der Waals surface area contributed by atoms with E-state index >= 15 is 0 Å². The molecule has 1 heterocycles. The highest BCUT2D eigenvalue weighted by Crippen LogP contribution is 2.31. The lowest BCUT2D eigenvalue weighted by Crippen LogP contribution is -2.40. The fraction of sp³-hybridized carbons (Fsp3) is 0.524. The van der Waals surface area contributed by atoms with Crippen LogP contribution in [0, 0.1) is 12.8 Å². The predicted octanol–water partition coefficient (Wildman–Crippen LogP) is 5.31. The van der Waals surface area contributed by atoms with Crippen molar-refractivity contribution in [3.05, 3.63) is 45.4 Å². The molecule has 0 atom stereocenters. The lowest BCUT2D eigenvalue weighted by atomic mass is 9.89. The zero-order chi connectivity index (χ0) is 24.2. The van der Waals surface area contributed by atoms with Crippen molar-refractivity contribution in [1.29, 1.82) is 0 Å². The number of anilines is 1. The van der Waals surface area contributed by atoms with E-state index in [2.05, 4.69) is 4.98 Å². The first-order chi connectivity index (χ1) is 15.5. The minimum atomic E-state index is -5.80. The Labute approximate surface area is 200 Å². The Hall–Kier alpha value is -1.85. The van der Waals surface area contributed by atoms with E-state index in [9.17, 15) is 26.4 Å². The maximum Gasteiger partial charge on any atom is 0.516 e. The molecule has 2 aromatic rings. The largest absolute Gasteiger partial charge is 0.516 e. The first kappa shape index (κ1) is 25.8. The number of aryl methyl sites for hydroxylation is 1. The molecule has 1 aromatic heterocycles.